The molecule has 0 aromatic heterocycles. The van der Waals surface area contributed by atoms with E-state index in [0.717, 1.165) is 34.1 Å². The number of carbonyl (C=O) groups is 3. The zero-order valence-electron chi connectivity index (χ0n) is 20.9. The summed E-state index contributed by atoms with van der Waals surface area (Å²) in [6.07, 6.45) is 1.65. The number of nitrogens with one attached hydrogen (secondary N) is 1. The molecule has 190 valence electrons. The molecule has 0 saturated carbocycles. The van der Waals surface area contributed by atoms with E-state index >= 15 is 0 Å². The van der Waals surface area contributed by atoms with Gasteiger partial charge in [-0.2, -0.15) is 0 Å². The Balaban J connectivity index is 1.33. The third-order valence-corrected chi connectivity index (χ3v) is 6.76. The third-order valence-electron chi connectivity index (χ3n) is 5.85. The summed E-state index contributed by atoms with van der Waals surface area (Å²) in [4.78, 5) is 39.1. The van der Waals surface area contributed by atoms with Crippen molar-refractivity contribution in [3.8, 4) is 11.5 Å². The van der Waals surface area contributed by atoms with Gasteiger partial charge in [0.25, 0.3) is 17.1 Å². The Morgan fingerprint density at radius 2 is 1.68 bits per heavy atom. The molecule has 0 radical (unpaired) electrons. The summed E-state index contributed by atoms with van der Waals surface area (Å²) in [5.41, 5.74) is 4.61. The van der Waals surface area contributed by atoms with Gasteiger partial charge in [0.2, 0.25) is 0 Å². The second-order valence-corrected chi connectivity index (χ2v) is 9.65. The van der Waals surface area contributed by atoms with E-state index in [-0.39, 0.29) is 36.8 Å². The largest absolute Gasteiger partial charge is 0.492 e. The molecule has 0 spiro atoms. The van der Waals surface area contributed by atoms with Crippen LogP contribution in [0.2, 0.25) is 0 Å². The van der Waals surface area contributed by atoms with Gasteiger partial charge in [-0.3, -0.25) is 19.3 Å². The molecule has 1 N–H and O–H groups in total. The Morgan fingerprint density at radius 3 is 2.46 bits per heavy atom. The lowest BCUT2D eigenvalue weighted by atomic mass is 10.1. The predicted octanol–water partition coefficient (Wildman–Crippen LogP) is 5.74. The summed E-state index contributed by atoms with van der Waals surface area (Å²) in [5, 5.41) is 2.53. The molecule has 1 aliphatic heterocycles. The molecule has 0 bridgehead atoms. The fourth-order valence-corrected chi connectivity index (χ4v) is 4.58. The maximum atomic E-state index is 12.8. The summed E-state index contributed by atoms with van der Waals surface area (Å²) >= 11 is 0.891. The molecular weight excluding hydrogens is 488 g/mol. The van der Waals surface area contributed by atoms with Crippen LogP contribution >= 0.6 is 11.8 Å². The second kappa shape index (κ2) is 11.8. The first-order chi connectivity index (χ1) is 17.8. The second-order valence-electron chi connectivity index (χ2n) is 8.66. The van der Waals surface area contributed by atoms with E-state index in [1.807, 2.05) is 63.2 Å². The molecule has 37 heavy (non-hydrogen) atoms. The highest BCUT2D eigenvalue weighted by molar-refractivity contribution is 8.18. The Labute approximate surface area is 220 Å². The number of ether oxygens (including phenoxy) is 2. The summed E-state index contributed by atoms with van der Waals surface area (Å²) in [6.45, 7) is 6.12. The molecule has 1 heterocycles. The molecule has 1 aliphatic rings. The van der Waals surface area contributed by atoms with Crippen LogP contribution in [0.25, 0.3) is 6.08 Å². The van der Waals surface area contributed by atoms with E-state index in [1.54, 1.807) is 30.3 Å². The lowest BCUT2D eigenvalue weighted by Gasteiger charge is -2.13. The number of rotatable bonds is 9. The van der Waals surface area contributed by atoms with Crippen LogP contribution in [0.4, 0.5) is 10.5 Å². The van der Waals surface area contributed by atoms with Crippen molar-refractivity contribution in [2.75, 3.05) is 25.1 Å². The SMILES string of the molecule is Cc1cccc(OCCN2C(=O)S/C(=C\c3cccc(OCC(=O)Nc4cccc(C)c4C)c3)C2=O)c1. The number of amides is 3. The zero-order chi connectivity index (χ0) is 26.4. The predicted molar refractivity (Wildman–Crippen MR) is 146 cm³/mol. The van der Waals surface area contributed by atoms with Crippen molar-refractivity contribution in [3.05, 3.63) is 93.9 Å². The van der Waals surface area contributed by atoms with Gasteiger partial charge in [0.05, 0.1) is 11.4 Å². The van der Waals surface area contributed by atoms with Crippen molar-refractivity contribution < 1.29 is 23.9 Å². The minimum absolute atomic E-state index is 0.158. The number of carbonyl (C=O) groups excluding carboxylic acids is 3. The fraction of sp³-hybridized carbons (Fsp3) is 0.207. The number of imide groups is 1. The van der Waals surface area contributed by atoms with Crippen LogP contribution < -0.4 is 14.8 Å². The third kappa shape index (κ3) is 6.80. The van der Waals surface area contributed by atoms with Crippen LogP contribution in [0.1, 0.15) is 22.3 Å². The summed E-state index contributed by atoms with van der Waals surface area (Å²) in [6, 6.07) is 20.3. The van der Waals surface area contributed by atoms with Gasteiger partial charge in [-0.15, -0.1) is 0 Å². The maximum Gasteiger partial charge on any atom is 0.293 e. The molecule has 1 saturated heterocycles. The molecule has 0 unspecified atom stereocenters. The number of anilines is 1. The lowest BCUT2D eigenvalue weighted by molar-refractivity contribution is -0.123. The molecule has 0 aliphatic carbocycles. The topological polar surface area (TPSA) is 84.9 Å². The van der Waals surface area contributed by atoms with Crippen LogP contribution in [0.5, 0.6) is 11.5 Å². The van der Waals surface area contributed by atoms with Gasteiger partial charge in [0.1, 0.15) is 18.1 Å². The van der Waals surface area contributed by atoms with Crippen LogP contribution in [0, 0.1) is 20.8 Å². The Bertz CT molecular complexity index is 1370. The first-order valence-electron chi connectivity index (χ1n) is 11.8. The van der Waals surface area contributed by atoms with Gasteiger partial charge in [-0.05, 0) is 91.2 Å². The molecule has 3 aromatic carbocycles. The molecule has 3 aromatic rings. The molecule has 3 amide bonds. The van der Waals surface area contributed by atoms with E-state index in [1.165, 1.54) is 4.90 Å². The van der Waals surface area contributed by atoms with Crippen molar-refractivity contribution in [1.29, 1.82) is 0 Å². The van der Waals surface area contributed by atoms with Crippen LogP contribution in [0.15, 0.2) is 71.6 Å². The smallest absolute Gasteiger partial charge is 0.293 e. The molecule has 8 heteroatoms. The number of benzene rings is 3. The quantitative estimate of drug-likeness (QED) is 0.365. The minimum atomic E-state index is -0.359. The van der Waals surface area contributed by atoms with Gasteiger partial charge in [0.15, 0.2) is 6.61 Å². The number of aryl methyl sites for hydroxylation is 2. The molecule has 0 atom stereocenters. The van der Waals surface area contributed by atoms with E-state index in [2.05, 4.69) is 5.32 Å². The average Bonchev–Trinajstić information content (AvgIpc) is 3.13. The standard InChI is InChI=1S/C29H28N2O5S/c1-19-7-4-10-23(15-19)35-14-13-31-28(33)26(37-29(31)34)17-22-9-6-11-24(16-22)36-18-27(32)30-25-12-5-8-20(2)21(25)3/h4-12,15-17H,13-14,18H2,1-3H3,(H,30,32)/b26-17-. The summed E-state index contributed by atoms with van der Waals surface area (Å²) < 4.78 is 11.3. The van der Waals surface area contributed by atoms with Crippen molar-refractivity contribution in [2.45, 2.75) is 20.8 Å². The van der Waals surface area contributed by atoms with Crippen molar-refractivity contribution in [1.82, 2.24) is 4.90 Å². The average molecular weight is 517 g/mol. The fourth-order valence-electron chi connectivity index (χ4n) is 3.72. The van der Waals surface area contributed by atoms with E-state index in [4.69, 9.17) is 9.47 Å². The molecule has 1 fully saturated rings. The highest BCUT2D eigenvalue weighted by atomic mass is 32.2. The molecule has 4 rings (SSSR count). The van der Waals surface area contributed by atoms with Gasteiger partial charge in [-0.25, -0.2) is 0 Å². The van der Waals surface area contributed by atoms with Crippen molar-refractivity contribution in [3.63, 3.8) is 0 Å². The van der Waals surface area contributed by atoms with Gasteiger partial charge >= 0.3 is 0 Å². The van der Waals surface area contributed by atoms with Crippen LogP contribution in [0.3, 0.4) is 0 Å². The number of hydrogen-bond acceptors (Lipinski definition) is 6. The Kier molecular flexibility index (Phi) is 8.30. The maximum absolute atomic E-state index is 12.8. The monoisotopic (exact) mass is 516 g/mol. The highest BCUT2D eigenvalue weighted by Crippen LogP contribution is 2.32. The number of hydrogen-bond donors (Lipinski definition) is 1. The van der Waals surface area contributed by atoms with Crippen LogP contribution in [-0.4, -0.2) is 41.7 Å². The minimum Gasteiger partial charge on any atom is -0.492 e. The zero-order valence-corrected chi connectivity index (χ0v) is 21.8. The molecular formula is C29H28N2O5S. The first-order valence-corrected chi connectivity index (χ1v) is 12.7. The van der Waals surface area contributed by atoms with E-state index in [9.17, 15) is 14.4 Å². The Morgan fingerprint density at radius 1 is 0.946 bits per heavy atom. The van der Waals surface area contributed by atoms with E-state index in [0.29, 0.717) is 22.0 Å². The normalized spacial score (nSPS) is 14.2. The first kappa shape index (κ1) is 26.0. The Hall–Kier alpha value is -4.04. The number of nitrogens with zero attached hydrogens (tertiary/aromatic N) is 1. The lowest BCUT2D eigenvalue weighted by Crippen LogP contribution is -2.32. The van der Waals surface area contributed by atoms with Gasteiger partial charge < -0.3 is 14.8 Å². The van der Waals surface area contributed by atoms with E-state index < -0.39 is 0 Å². The van der Waals surface area contributed by atoms with Gasteiger partial charge in [-0.1, -0.05) is 36.4 Å². The molecule has 7 nitrogen and oxygen atoms in total. The number of thioether (sulfide) groups is 1. The van der Waals surface area contributed by atoms with Gasteiger partial charge in [0, 0.05) is 5.69 Å². The van der Waals surface area contributed by atoms with Crippen molar-refractivity contribution >= 4 is 40.6 Å². The van der Waals surface area contributed by atoms with Crippen molar-refractivity contribution in [2.24, 2.45) is 0 Å². The summed E-state index contributed by atoms with van der Waals surface area (Å²) in [7, 11) is 0. The summed E-state index contributed by atoms with van der Waals surface area (Å²) in [5.74, 6) is 0.549. The highest BCUT2D eigenvalue weighted by Gasteiger charge is 2.34. The van der Waals surface area contributed by atoms with Crippen LogP contribution in [-0.2, 0) is 9.59 Å².